The lowest BCUT2D eigenvalue weighted by Crippen LogP contribution is -2.13. The summed E-state index contributed by atoms with van der Waals surface area (Å²) in [5.74, 6) is 0. The molecule has 3 nitrogen and oxygen atoms in total. The average molecular weight is 227 g/mol. The van der Waals surface area contributed by atoms with Gasteiger partial charge in [0.1, 0.15) is 0 Å². The van der Waals surface area contributed by atoms with Crippen molar-refractivity contribution in [3.63, 3.8) is 0 Å². The zero-order valence-electron chi connectivity index (χ0n) is 9.87. The van der Waals surface area contributed by atoms with Gasteiger partial charge in [0, 0.05) is 18.8 Å². The summed E-state index contributed by atoms with van der Waals surface area (Å²) in [6.07, 6.45) is 3.63. The van der Waals surface area contributed by atoms with E-state index >= 15 is 0 Å². The number of rotatable bonds is 4. The maximum atomic E-state index is 4.38. The van der Waals surface area contributed by atoms with Crippen LogP contribution in [0.5, 0.6) is 0 Å². The number of aromatic nitrogens is 2. The third kappa shape index (κ3) is 2.24. The van der Waals surface area contributed by atoms with Crippen LogP contribution in [0.1, 0.15) is 28.9 Å². The van der Waals surface area contributed by atoms with E-state index in [1.807, 2.05) is 6.07 Å². The second kappa shape index (κ2) is 4.72. The molecule has 1 aromatic heterocycles. The second-order valence-corrected chi connectivity index (χ2v) is 4.57. The molecule has 0 atom stereocenters. The molecule has 0 amide bonds. The zero-order valence-corrected chi connectivity index (χ0v) is 9.87. The predicted octanol–water partition coefficient (Wildman–Crippen LogP) is 2.19. The molecule has 0 bridgehead atoms. The number of aryl methyl sites for hydroxylation is 1. The van der Waals surface area contributed by atoms with Gasteiger partial charge in [-0.15, -0.1) is 0 Å². The van der Waals surface area contributed by atoms with E-state index in [2.05, 4.69) is 39.8 Å². The predicted molar refractivity (Wildman–Crippen MR) is 67.6 cm³/mol. The van der Waals surface area contributed by atoms with Crippen LogP contribution < -0.4 is 5.32 Å². The molecule has 2 N–H and O–H groups in total. The maximum absolute atomic E-state index is 4.38. The summed E-state index contributed by atoms with van der Waals surface area (Å²) in [5, 5.41) is 11.0. The van der Waals surface area contributed by atoms with Crippen LogP contribution >= 0.6 is 0 Å². The summed E-state index contributed by atoms with van der Waals surface area (Å²) < 4.78 is 0. The number of hydrogen-bond acceptors (Lipinski definition) is 2. The molecule has 1 aliphatic rings. The fraction of sp³-hybridized carbons (Fsp3) is 0.357. The molecule has 0 radical (unpaired) electrons. The molecule has 1 aliphatic carbocycles. The molecule has 3 rings (SSSR count). The normalized spacial score (nSPS) is 13.9. The minimum atomic E-state index is 0.862. The average Bonchev–Trinajstić information content (AvgIpc) is 2.95. The fourth-order valence-corrected chi connectivity index (χ4v) is 2.46. The Morgan fingerprint density at radius 2 is 2.00 bits per heavy atom. The number of H-pyrrole nitrogens is 1. The van der Waals surface area contributed by atoms with E-state index in [-0.39, 0.29) is 0 Å². The van der Waals surface area contributed by atoms with E-state index in [0.29, 0.717) is 0 Å². The molecule has 2 aromatic rings. The van der Waals surface area contributed by atoms with Crippen molar-refractivity contribution < 1.29 is 0 Å². The Morgan fingerprint density at radius 3 is 2.88 bits per heavy atom. The minimum absolute atomic E-state index is 0.862. The highest BCUT2D eigenvalue weighted by Crippen LogP contribution is 2.22. The molecule has 3 heteroatoms. The fourth-order valence-electron chi connectivity index (χ4n) is 2.46. The summed E-state index contributed by atoms with van der Waals surface area (Å²) in [4.78, 5) is 0. The number of aromatic amines is 1. The third-order valence-corrected chi connectivity index (χ3v) is 3.36. The number of benzene rings is 1. The first-order valence-electron chi connectivity index (χ1n) is 6.23. The van der Waals surface area contributed by atoms with Crippen LogP contribution in [0.3, 0.4) is 0 Å². The number of fused-ring (bicyclic) bond motifs is 1. The molecular formula is C14H17N3. The Morgan fingerprint density at radius 1 is 1.12 bits per heavy atom. The van der Waals surface area contributed by atoms with Gasteiger partial charge in [-0.1, -0.05) is 30.3 Å². The lowest BCUT2D eigenvalue weighted by molar-refractivity contribution is 0.669. The van der Waals surface area contributed by atoms with E-state index in [4.69, 9.17) is 0 Å². The molecule has 0 fully saturated rings. The highest BCUT2D eigenvalue weighted by Gasteiger charge is 2.17. The van der Waals surface area contributed by atoms with Gasteiger partial charge in [-0.25, -0.2) is 0 Å². The SMILES string of the molecule is c1ccc(CNCc2n[nH]c3c2CCC3)cc1. The Hall–Kier alpha value is -1.61. The molecule has 0 spiro atoms. The first-order valence-corrected chi connectivity index (χ1v) is 6.23. The van der Waals surface area contributed by atoms with Crippen molar-refractivity contribution in [1.29, 1.82) is 0 Å². The molecule has 0 saturated heterocycles. The molecule has 0 unspecified atom stereocenters. The van der Waals surface area contributed by atoms with Gasteiger partial charge in [-0.2, -0.15) is 5.10 Å². The van der Waals surface area contributed by atoms with E-state index in [9.17, 15) is 0 Å². The van der Waals surface area contributed by atoms with Gasteiger partial charge in [0.05, 0.1) is 5.69 Å². The second-order valence-electron chi connectivity index (χ2n) is 4.57. The highest BCUT2D eigenvalue weighted by atomic mass is 15.1. The number of nitrogens with one attached hydrogen (secondary N) is 2. The monoisotopic (exact) mass is 227 g/mol. The van der Waals surface area contributed by atoms with Crippen molar-refractivity contribution >= 4 is 0 Å². The minimum Gasteiger partial charge on any atom is -0.307 e. The van der Waals surface area contributed by atoms with Crippen LogP contribution in [0, 0.1) is 0 Å². The summed E-state index contributed by atoms with van der Waals surface area (Å²) in [7, 11) is 0. The standard InChI is InChI=1S/C14H17N3/c1-2-5-11(6-3-1)9-15-10-14-12-7-4-8-13(12)16-17-14/h1-3,5-6,15H,4,7-10H2,(H,16,17). The highest BCUT2D eigenvalue weighted by molar-refractivity contribution is 5.29. The van der Waals surface area contributed by atoms with Crippen molar-refractivity contribution in [2.75, 3.05) is 0 Å². The van der Waals surface area contributed by atoms with E-state index in [1.165, 1.54) is 41.8 Å². The quantitative estimate of drug-likeness (QED) is 0.840. The molecule has 0 saturated carbocycles. The van der Waals surface area contributed by atoms with Gasteiger partial charge < -0.3 is 5.32 Å². The molecule has 1 aromatic carbocycles. The lowest BCUT2D eigenvalue weighted by Gasteiger charge is -2.03. The van der Waals surface area contributed by atoms with E-state index in [1.54, 1.807) is 0 Å². The van der Waals surface area contributed by atoms with E-state index in [0.717, 1.165) is 13.1 Å². The molecule has 17 heavy (non-hydrogen) atoms. The van der Waals surface area contributed by atoms with Gasteiger partial charge >= 0.3 is 0 Å². The topological polar surface area (TPSA) is 40.7 Å². The summed E-state index contributed by atoms with van der Waals surface area (Å²) in [5.41, 5.74) is 5.32. The van der Waals surface area contributed by atoms with Crippen molar-refractivity contribution in [3.05, 3.63) is 52.8 Å². The van der Waals surface area contributed by atoms with Crippen LogP contribution in [0.4, 0.5) is 0 Å². The summed E-state index contributed by atoms with van der Waals surface area (Å²) in [6, 6.07) is 10.5. The van der Waals surface area contributed by atoms with Gasteiger partial charge in [0.2, 0.25) is 0 Å². The lowest BCUT2D eigenvalue weighted by atomic mass is 10.2. The van der Waals surface area contributed by atoms with Gasteiger partial charge in [0.25, 0.3) is 0 Å². The first kappa shape index (κ1) is 10.5. The van der Waals surface area contributed by atoms with Gasteiger partial charge in [-0.3, -0.25) is 5.10 Å². The molecule has 1 heterocycles. The number of nitrogens with zero attached hydrogens (tertiary/aromatic N) is 1. The van der Waals surface area contributed by atoms with Crippen LogP contribution in [0.2, 0.25) is 0 Å². The summed E-state index contributed by atoms with van der Waals surface area (Å²) in [6.45, 7) is 1.77. The molecule has 0 aliphatic heterocycles. The Labute approximate surface area is 101 Å². The third-order valence-electron chi connectivity index (χ3n) is 3.36. The Balaban J connectivity index is 1.58. The maximum Gasteiger partial charge on any atom is 0.0794 e. The summed E-state index contributed by atoms with van der Waals surface area (Å²) >= 11 is 0. The first-order chi connectivity index (χ1) is 8.43. The van der Waals surface area contributed by atoms with Gasteiger partial charge in [-0.05, 0) is 30.4 Å². The Kier molecular flexibility index (Phi) is 2.92. The van der Waals surface area contributed by atoms with Crippen molar-refractivity contribution in [1.82, 2.24) is 15.5 Å². The van der Waals surface area contributed by atoms with Crippen LogP contribution in [-0.2, 0) is 25.9 Å². The largest absolute Gasteiger partial charge is 0.307 e. The molecule has 88 valence electrons. The van der Waals surface area contributed by atoms with Crippen LogP contribution in [0.15, 0.2) is 30.3 Å². The smallest absolute Gasteiger partial charge is 0.0794 e. The van der Waals surface area contributed by atoms with Crippen molar-refractivity contribution in [2.45, 2.75) is 32.4 Å². The van der Waals surface area contributed by atoms with Crippen molar-refractivity contribution in [2.24, 2.45) is 0 Å². The van der Waals surface area contributed by atoms with Crippen LogP contribution in [-0.4, -0.2) is 10.2 Å². The van der Waals surface area contributed by atoms with Crippen molar-refractivity contribution in [3.8, 4) is 0 Å². The zero-order chi connectivity index (χ0) is 11.5. The van der Waals surface area contributed by atoms with Gasteiger partial charge in [0.15, 0.2) is 0 Å². The van der Waals surface area contributed by atoms with Crippen LogP contribution in [0.25, 0.3) is 0 Å². The molecular weight excluding hydrogens is 210 g/mol. The van der Waals surface area contributed by atoms with E-state index < -0.39 is 0 Å². The number of hydrogen-bond donors (Lipinski definition) is 2. The Bertz CT molecular complexity index is 487.